The van der Waals surface area contributed by atoms with Gasteiger partial charge < -0.3 is 13.9 Å². The third kappa shape index (κ3) is 4.86. The number of hydrogen-bond donors (Lipinski definition) is 0. The minimum Gasteiger partial charge on any atom is -0.310 e. The van der Waals surface area contributed by atoms with Crippen LogP contribution in [0.15, 0.2) is 212 Å². The lowest BCUT2D eigenvalue weighted by Crippen LogP contribution is -2.09. The van der Waals surface area contributed by atoms with Gasteiger partial charge in [0.2, 0.25) is 0 Å². The van der Waals surface area contributed by atoms with Crippen LogP contribution in [0, 0.1) is 0 Å². The van der Waals surface area contributed by atoms with E-state index < -0.39 is 0 Å². The largest absolute Gasteiger partial charge is 0.310 e. The molecular weight excluding hydrogens is 691 g/mol. The van der Waals surface area contributed by atoms with Gasteiger partial charge >= 0.3 is 0 Å². The van der Waals surface area contributed by atoms with Crippen LogP contribution in [0.2, 0.25) is 0 Å². The predicted molar refractivity (Wildman–Crippen MR) is 241 cm³/mol. The highest BCUT2D eigenvalue weighted by Crippen LogP contribution is 2.43. The summed E-state index contributed by atoms with van der Waals surface area (Å²) in [5.41, 5.74) is 15.5. The van der Waals surface area contributed by atoms with Gasteiger partial charge in [0.25, 0.3) is 0 Å². The van der Waals surface area contributed by atoms with Gasteiger partial charge in [-0.2, -0.15) is 0 Å². The molecule has 12 aromatic rings. The zero-order chi connectivity index (χ0) is 37.5. The summed E-state index contributed by atoms with van der Waals surface area (Å²) in [7, 11) is 0. The molecule has 0 radical (unpaired) electrons. The van der Waals surface area contributed by atoms with Crippen molar-refractivity contribution in [1.29, 1.82) is 0 Å². The first kappa shape index (κ1) is 31.7. The van der Waals surface area contributed by atoms with E-state index in [1.54, 1.807) is 0 Å². The van der Waals surface area contributed by atoms with Gasteiger partial charge in [-0.25, -0.2) is 0 Å². The van der Waals surface area contributed by atoms with Crippen molar-refractivity contribution >= 4 is 77.0 Å². The fraction of sp³-hybridized carbons (Fsp3) is 0. The van der Waals surface area contributed by atoms with Gasteiger partial charge in [0.05, 0.1) is 27.6 Å². The van der Waals surface area contributed by atoms with Crippen LogP contribution < -0.4 is 4.90 Å². The van der Waals surface area contributed by atoms with Crippen LogP contribution in [0.3, 0.4) is 0 Å². The highest BCUT2D eigenvalue weighted by Gasteiger charge is 2.20. The summed E-state index contributed by atoms with van der Waals surface area (Å²) in [6, 6.07) is 77.3. The molecule has 0 amide bonds. The van der Waals surface area contributed by atoms with Crippen molar-refractivity contribution in [3.8, 4) is 27.9 Å². The molecule has 0 atom stereocenters. The summed E-state index contributed by atoms with van der Waals surface area (Å²) < 4.78 is 4.81. The molecule has 3 nitrogen and oxygen atoms in total. The van der Waals surface area contributed by atoms with Gasteiger partial charge in [-0.15, -0.1) is 0 Å². The number of hydrogen-bond acceptors (Lipinski definition) is 1. The third-order valence-corrected chi connectivity index (χ3v) is 11.9. The Labute approximate surface area is 329 Å². The molecule has 0 aliphatic heterocycles. The summed E-state index contributed by atoms with van der Waals surface area (Å²) in [6.07, 6.45) is 0. The number of fused-ring (bicyclic) bond motifs is 9. The standard InChI is InChI=1S/C54H35N3/c1-2-11-36(12-3-1)37-21-27-40(28-22-37)55(43-33-34-53-49(35-43)48-17-10-16-47-46-15-6-9-20-52(46)57(53)54(47)48)41-29-23-38(24-30-41)39-25-31-42(32-26-39)56-50-18-7-4-13-44(50)45-14-5-8-19-51(45)56/h1-35H. The Bertz CT molecular complexity index is 3370. The van der Waals surface area contributed by atoms with E-state index in [1.807, 2.05) is 0 Å². The van der Waals surface area contributed by atoms with E-state index in [0.717, 1.165) is 22.7 Å². The van der Waals surface area contributed by atoms with Crippen molar-refractivity contribution in [2.45, 2.75) is 0 Å². The van der Waals surface area contributed by atoms with E-state index in [-0.39, 0.29) is 0 Å². The molecule has 266 valence electrons. The zero-order valence-corrected chi connectivity index (χ0v) is 31.0. The summed E-state index contributed by atoms with van der Waals surface area (Å²) >= 11 is 0. The van der Waals surface area contributed by atoms with Crippen LogP contribution in [0.25, 0.3) is 87.8 Å². The SMILES string of the molecule is c1ccc(-c2ccc(N(c3ccc(-c4ccc(-n5c6ccccc6c6ccccc65)cc4)cc3)c3ccc4c(c3)c3cccc5c6ccccc6n4c53)cc2)cc1. The van der Waals surface area contributed by atoms with Gasteiger partial charge in [0.1, 0.15) is 0 Å². The molecule has 3 heteroatoms. The number of aromatic nitrogens is 2. The first-order valence-corrected chi connectivity index (χ1v) is 19.6. The molecule has 57 heavy (non-hydrogen) atoms. The molecule has 0 aliphatic carbocycles. The quantitative estimate of drug-likeness (QED) is 0.166. The Morgan fingerprint density at radius 2 is 0.702 bits per heavy atom. The number of nitrogens with zero attached hydrogens (tertiary/aromatic N) is 3. The predicted octanol–water partition coefficient (Wildman–Crippen LogP) is 14.7. The van der Waals surface area contributed by atoms with Gasteiger partial charge in [-0.1, -0.05) is 140 Å². The third-order valence-electron chi connectivity index (χ3n) is 11.9. The monoisotopic (exact) mass is 725 g/mol. The number of para-hydroxylation sites is 4. The highest BCUT2D eigenvalue weighted by atomic mass is 15.1. The fourth-order valence-corrected chi connectivity index (χ4v) is 9.25. The van der Waals surface area contributed by atoms with E-state index >= 15 is 0 Å². The Morgan fingerprint density at radius 1 is 0.281 bits per heavy atom. The molecule has 0 N–H and O–H groups in total. The van der Waals surface area contributed by atoms with Crippen molar-refractivity contribution in [3.05, 3.63) is 212 Å². The minimum absolute atomic E-state index is 1.11. The average molecular weight is 726 g/mol. The molecule has 0 aliphatic rings. The smallest absolute Gasteiger partial charge is 0.0620 e. The van der Waals surface area contributed by atoms with Crippen LogP contribution in [-0.2, 0) is 0 Å². The lowest BCUT2D eigenvalue weighted by molar-refractivity contribution is 1.18. The molecule has 0 bridgehead atoms. The van der Waals surface area contributed by atoms with Crippen LogP contribution in [0.4, 0.5) is 17.1 Å². The van der Waals surface area contributed by atoms with E-state index in [9.17, 15) is 0 Å². The maximum atomic E-state index is 2.44. The van der Waals surface area contributed by atoms with E-state index in [0.29, 0.717) is 0 Å². The summed E-state index contributed by atoms with van der Waals surface area (Å²) in [5, 5.41) is 7.67. The number of rotatable bonds is 6. The molecule has 0 spiro atoms. The number of anilines is 3. The number of benzene rings is 9. The van der Waals surface area contributed by atoms with Crippen molar-refractivity contribution in [1.82, 2.24) is 8.97 Å². The lowest BCUT2D eigenvalue weighted by atomic mass is 10.0. The fourth-order valence-electron chi connectivity index (χ4n) is 9.25. The minimum atomic E-state index is 1.11. The zero-order valence-electron chi connectivity index (χ0n) is 31.0. The van der Waals surface area contributed by atoms with Crippen molar-refractivity contribution in [2.24, 2.45) is 0 Å². The topological polar surface area (TPSA) is 12.6 Å². The second kappa shape index (κ2) is 12.5. The average Bonchev–Trinajstić information content (AvgIpc) is 3.93. The first-order valence-electron chi connectivity index (χ1n) is 19.6. The van der Waals surface area contributed by atoms with Crippen molar-refractivity contribution < 1.29 is 0 Å². The maximum absolute atomic E-state index is 2.44. The van der Waals surface area contributed by atoms with E-state index in [4.69, 9.17) is 0 Å². The highest BCUT2D eigenvalue weighted by molar-refractivity contribution is 6.23. The Morgan fingerprint density at radius 3 is 1.30 bits per heavy atom. The summed E-state index contributed by atoms with van der Waals surface area (Å²) in [6.45, 7) is 0. The van der Waals surface area contributed by atoms with Crippen molar-refractivity contribution in [2.75, 3.05) is 4.90 Å². The maximum Gasteiger partial charge on any atom is 0.0620 e. The van der Waals surface area contributed by atoms with Gasteiger partial charge in [-0.3, -0.25) is 0 Å². The molecule has 0 saturated carbocycles. The molecular formula is C54H35N3. The second-order valence-corrected chi connectivity index (χ2v) is 15.0. The summed E-state index contributed by atoms with van der Waals surface area (Å²) in [5.74, 6) is 0. The van der Waals surface area contributed by atoms with Crippen LogP contribution >= 0.6 is 0 Å². The lowest BCUT2D eigenvalue weighted by Gasteiger charge is -2.26. The van der Waals surface area contributed by atoms with E-state index in [1.165, 1.54) is 82.2 Å². The van der Waals surface area contributed by atoms with Gasteiger partial charge in [-0.05, 0) is 95.1 Å². The molecule has 12 rings (SSSR count). The van der Waals surface area contributed by atoms with Crippen LogP contribution in [0.1, 0.15) is 0 Å². The molecule has 9 aromatic carbocycles. The molecule has 3 aromatic heterocycles. The van der Waals surface area contributed by atoms with Crippen LogP contribution in [-0.4, -0.2) is 8.97 Å². The Balaban J connectivity index is 0.956. The molecule has 0 unspecified atom stereocenters. The van der Waals surface area contributed by atoms with Crippen LogP contribution in [0.5, 0.6) is 0 Å². The Kier molecular flexibility index (Phi) is 6.93. The molecule has 0 fully saturated rings. The normalized spacial score (nSPS) is 11.9. The molecule has 3 heterocycles. The van der Waals surface area contributed by atoms with Gasteiger partial charge in [0.15, 0.2) is 0 Å². The van der Waals surface area contributed by atoms with Gasteiger partial charge in [0, 0.05) is 55.1 Å². The Hall–Kier alpha value is -7.62. The van der Waals surface area contributed by atoms with Crippen molar-refractivity contribution in [3.63, 3.8) is 0 Å². The first-order chi connectivity index (χ1) is 28.3. The molecule has 0 saturated heterocycles. The second-order valence-electron chi connectivity index (χ2n) is 15.0. The summed E-state index contributed by atoms with van der Waals surface area (Å²) in [4.78, 5) is 2.39. The van der Waals surface area contributed by atoms with E-state index in [2.05, 4.69) is 226 Å².